The third-order valence-electron chi connectivity index (χ3n) is 3.79. The van der Waals surface area contributed by atoms with Crippen molar-refractivity contribution < 1.29 is 19.1 Å². The molecule has 0 radical (unpaired) electrons. The van der Waals surface area contributed by atoms with Crippen LogP contribution in [0.3, 0.4) is 0 Å². The molecule has 0 aromatic carbocycles. The van der Waals surface area contributed by atoms with Gasteiger partial charge in [-0.2, -0.15) is 0 Å². The van der Waals surface area contributed by atoms with Crippen LogP contribution in [-0.2, 0) is 16.1 Å². The van der Waals surface area contributed by atoms with Gasteiger partial charge in [-0.1, -0.05) is 0 Å². The van der Waals surface area contributed by atoms with Crippen molar-refractivity contribution in [3.8, 4) is 0 Å². The summed E-state index contributed by atoms with van der Waals surface area (Å²) >= 11 is 1.41. The topological polar surface area (TPSA) is 84.0 Å². The lowest BCUT2D eigenvalue weighted by molar-refractivity contribution is 0.0147. The van der Waals surface area contributed by atoms with Crippen LogP contribution in [0, 0.1) is 0 Å². The summed E-state index contributed by atoms with van der Waals surface area (Å²) in [6.07, 6.45) is -0.263. The largest absolute Gasteiger partial charge is 0.444 e. The van der Waals surface area contributed by atoms with Crippen molar-refractivity contribution in [3.05, 3.63) is 16.1 Å². The van der Waals surface area contributed by atoms with Crippen LogP contribution in [0.2, 0.25) is 0 Å². The van der Waals surface area contributed by atoms with E-state index in [2.05, 4.69) is 15.2 Å². The van der Waals surface area contributed by atoms with Gasteiger partial charge in [-0.15, -0.1) is 11.3 Å². The Hall–Kier alpha value is -1.71. The standard InChI is InChI=1S/C17H28N4O4S/c1-17(2,3)25-16(23)21-9-7-20(8-10-21)6-5-18-15(22)13-12-26-14(19-13)11-24-4/h12H,5-11H2,1-4H3,(H,18,22). The Labute approximate surface area is 158 Å². The highest BCUT2D eigenvalue weighted by molar-refractivity contribution is 7.09. The Morgan fingerprint density at radius 1 is 1.27 bits per heavy atom. The van der Waals surface area contributed by atoms with E-state index in [0.29, 0.717) is 31.9 Å². The number of carbonyl (C=O) groups is 2. The molecule has 1 aromatic rings. The highest BCUT2D eigenvalue weighted by atomic mass is 32.1. The van der Waals surface area contributed by atoms with E-state index in [-0.39, 0.29) is 12.0 Å². The summed E-state index contributed by atoms with van der Waals surface area (Å²) in [6, 6.07) is 0. The van der Waals surface area contributed by atoms with Gasteiger partial charge in [0.1, 0.15) is 16.3 Å². The second kappa shape index (κ2) is 9.29. The molecule has 0 aliphatic carbocycles. The average molecular weight is 385 g/mol. The van der Waals surface area contributed by atoms with Crippen LogP contribution >= 0.6 is 11.3 Å². The number of thiazole rings is 1. The number of hydrogen-bond donors (Lipinski definition) is 1. The highest BCUT2D eigenvalue weighted by Gasteiger charge is 2.25. The predicted octanol–water partition coefficient (Wildman–Crippen LogP) is 1.57. The Morgan fingerprint density at radius 2 is 1.96 bits per heavy atom. The molecule has 1 aromatic heterocycles. The quantitative estimate of drug-likeness (QED) is 0.802. The van der Waals surface area contributed by atoms with Gasteiger partial charge in [0.25, 0.3) is 5.91 Å². The number of rotatable bonds is 6. The van der Waals surface area contributed by atoms with Crippen LogP contribution in [-0.4, -0.2) is 78.8 Å². The number of carbonyl (C=O) groups excluding carboxylic acids is 2. The molecule has 1 fully saturated rings. The summed E-state index contributed by atoms with van der Waals surface area (Å²) in [5.74, 6) is -0.170. The molecule has 9 heteroatoms. The molecule has 0 saturated carbocycles. The summed E-state index contributed by atoms with van der Waals surface area (Å²) in [5.41, 5.74) is -0.0473. The number of amides is 2. The first kappa shape index (κ1) is 20.6. The maximum Gasteiger partial charge on any atom is 0.410 e. The summed E-state index contributed by atoms with van der Waals surface area (Å²) in [4.78, 5) is 32.3. The van der Waals surface area contributed by atoms with Crippen LogP contribution in [0.15, 0.2) is 5.38 Å². The number of ether oxygens (including phenoxy) is 2. The zero-order chi connectivity index (χ0) is 19.2. The van der Waals surface area contributed by atoms with Gasteiger partial charge in [-0.25, -0.2) is 9.78 Å². The molecule has 1 aliphatic rings. The van der Waals surface area contributed by atoms with Crippen LogP contribution in [0.5, 0.6) is 0 Å². The molecule has 1 aliphatic heterocycles. The van der Waals surface area contributed by atoms with Gasteiger partial charge in [0.05, 0.1) is 6.61 Å². The van der Waals surface area contributed by atoms with Crippen molar-refractivity contribution in [1.29, 1.82) is 0 Å². The van der Waals surface area contributed by atoms with Crippen molar-refractivity contribution >= 4 is 23.3 Å². The van der Waals surface area contributed by atoms with E-state index in [1.54, 1.807) is 17.4 Å². The molecular formula is C17H28N4O4S. The van der Waals surface area contributed by atoms with Gasteiger partial charge in [0, 0.05) is 51.8 Å². The lowest BCUT2D eigenvalue weighted by atomic mass is 10.2. The number of piperazine rings is 1. The fraction of sp³-hybridized carbons (Fsp3) is 0.706. The van der Waals surface area contributed by atoms with E-state index in [9.17, 15) is 9.59 Å². The summed E-state index contributed by atoms with van der Waals surface area (Å²) in [6.45, 7) is 10.1. The maximum absolute atomic E-state index is 12.1. The van der Waals surface area contributed by atoms with Crippen molar-refractivity contribution in [2.24, 2.45) is 0 Å². The molecule has 146 valence electrons. The van der Waals surface area contributed by atoms with Gasteiger partial charge in [0.15, 0.2) is 0 Å². The molecule has 0 atom stereocenters. The minimum absolute atomic E-state index is 0.170. The molecular weight excluding hydrogens is 356 g/mol. The van der Waals surface area contributed by atoms with Gasteiger partial charge < -0.3 is 19.7 Å². The molecule has 0 bridgehead atoms. The third kappa shape index (κ3) is 6.54. The van der Waals surface area contributed by atoms with Crippen LogP contribution in [0.25, 0.3) is 0 Å². The maximum atomic E-state index is 12.1. The molecule has 0 spiro atoms. The van der Waals surface area contributed by atoms with Gasteiger partial charge in [-0.3, -0.25) is 9.69 Å². The monoisotopic (exact) mass is 384 g/mol. The molecule has 2 heterocycles. The first-order valence-electron chi connectivity index (χ1n) is 8.70. The summed E-state index contributed by atoms with van der Waals surface area (Å²) in [7, 11) is 1.60. The normalized spacial score (nSPS) is 15.8. The van der Waals surface area contributed by atoms with E-state index >= 15 is 0 Å². The Kier molecular flexibility index (Phi) is 7.36. The zero-order valence-corrected chi connectivity index (χ0v) is 16.7. The van der Waals surface area contributed by atoms with Crippen LogP contribution in [0.1, 0.15) is 36.3 Å². The molecule has 2 amide bonds. The SMILES string of the molecule is COCc1nc(C(=O)NCCN2CCN(C(=O)OC(C)(C)C)CC2)cs1. The lowest BCUT2D eigenvalue weighted by Crippen LogP contribution is -2.51. The van der Waals surface area contributed by atoms with Crippen LogP contribution < -0.4 is 5.32 Å². The van der Waals surface area contributed by atoms with Gasteiger partial charge in [-0.05, 0) is 20.8 Å². The zero-order valence-electron chi connectivity index (χ0n) is 15.9. The Bertz CT molecular complexity index is 606. The second-order valence-electron chi connectivity index (χ2n) is 7.12. The minimum atomic E-state index is -0.475. The van der Waals surface area contributed by atoms with E-state index in [4.69, 9.17) is 9.47 Å². The fourth-order valence-corrected chi connectivity index (χ4v) is 3.25. The van der Waals surface area contributed by atoms with E-state index in [0.717, 1.165) is 24.6 Å². The average Bonchev–Trinajstić information content (AvgIpc) is 3.03. The van der Waals surface area contributed by atoms with Gasteiger partial charge in [0.2, 0.25) is 0 Å². The summed E-state index contributed by atoms with van der Waals surface area (Å²) in [5, 5.41) is 5.41. The molecule has 1 N–H and O–H groups in total. The van der Waals surface area contributed by atoms with E-state index in [1.807, 2.05) is 20.8 Å². The number of methoxy groups -OCH3 is 1. The second-order valence-corrected chi connectivity index (χ2v) is 8.07. The first-order valence-corrected chi connectivity index (χ1v) is 9.58. The van der Waals surface area contributed by atoms with Crippen molar-refractivity contribution in [2.45, 2.75) is 33.0 Å². The summed E-state index contributed by atoms with van der Waals surface area (Å²) < 4.78 is 10.4. The Balaban J connectivity index is 1.66. The van der Waals surface area contributed by atoms with Crippen LogP contribution in [0.4, 0.5) is 4.79 Å². The molecule has 2 rings (SSSR count). The number of hydrogen-bond acceptors (Lipinski definition) is 7. The first-order chi connectivity index (χ1) is 12.3. The number of nitrogens with one attached hydrogen (secondary N) is 1. The fourth-order valence-electron chi connectivity index (χ4n) is 2.50. The smallest absolute Gasteiger partial charge is 0.410 e. The third-order valence-corrected chi connectivity index (χ3v) is 4.61. The number of aromatic nitrogens is 1. The van der Waals surface area contributed by atoms with E-state index in [1.165, 1.54) is 11.3 Å². The molecule has 1 saturated heterocycles. The van der Waals surface area contributed by atoms with Crippen molar-refractivity contribution in [3.63, 3.8) is 0 Å². The predicted molar refractivity (Wildman–Crippen MR) is 99.4 cm³/mol. The van der Waals surface area contributed by atoms with E-state index < -0.39 is 5.60 Å². The van der Waals surface area contributed by atoms with Crippen molar-refractivity contribution in [1.82, 2.24) is 20.1 Å². The molecule has 26 heavy (non-hydrogen) atoms. The number of nitrogens with zero attached hydrogens (tertiary/aromatic N) is 3. The highest BCUT2D eigenvalue weighted by Crippen LogP contribution is 2.12. The van der Waals surface area contributed by atoms with Gasteiger partial charge >= 0.3 is 6.09 Å². The lowest BCUT2D eigenvalue weighted by Gasteiger charge is -2.35. The molecule has 8 nitrogen and oxygen atoms in total. The Morgan fingerprint density at radius 3 is 2.58 bits per heavy atom. The minimum Gasteiger partial charge on any atom is -0.444 e. The molecule has 0 unspecified atom stereocenters. The van der Waals surface area contributed by atoms with Crippen molar-refractivity contribution in [2.75, 3.05) is 46.4 Å².